The largest absolute Gasteiger partial charge is 0.379 e. The lowest BCUT2D eigenvalue weighted by atomic mass is 10.4. The fourth-order valence-electron chi connectivity index (χ4n) is 0.539. The van der Waals surface area contributed by atoms with Gasteiger partial charge in [-0.25, -0.2) is 10.1 Å². The highest BCUT2D eigenvalue weighted by Gasteiger charge is 2.15. The van der Waals surface area contributed by atoms with Gasteiger partial charge in [-0.05, 0) is 17.2 Å². The molecule has 3 N–H and O–H groups in total. The molecule has 0 unspecified atom stereocenters. The predicted octanol–water partition coefficient (Wildman–Crippen LogP) is -0.667. The molecule has 66 valence electrons. The molecule has 0 fully saturated rings. The molecule has 0 radical (unpaired) electrons. The molecule has 0 spiro atoms. The number of carbonyl (C=O) groups excluding carboxylic acids is 1. The molecule has 0 saturated heterocycles. The van der Waals surface area contributed by atoms with Crippen molar-refractivity contribution < 1.29 is 14.3 Å². The van der Waals surface area contributed by atoms with E-state index in [4.69, 9.17) is 5.73 Å². The first-order valence-electron chi connectivity index (χ1n) is 3.26. The molecule has 0 saturated carbocycles. The summed E-state index contributed by atoms with van der Waals surface area (Å²) < 4.78 is 4.20. The second kappa shape index (κ2) is 3.67. The van der Waals surface area contributed by atoms with Gasteiger partial charge in [-0.1, -0.05) is 0 Å². The van der Waals surface area contributed by atoms with Crippen LogP contribution in [0, 0.1) is 0 Å². The Morgan fingerprint density at radius 3 is 3.00 bits per heavy atom. The number of anilines is 1. The number of hydrogen-bond acceptors (Lipinski definition) is 6. The normalized spacial score (nSPS) is 9.75. The van der Waals surface area contributed by atoms with Gasteiger partial charge in [0.05, 0.1) is 6.61 Å². The van der Waals surface area contributed by atoms with Gasteiger partial charge in [-0.2, -0.15) is 0 Å². The number of aromatic nitrogens is 2. The highest BCUT2D eigenvalue weighted by Crippen LogP contribution is 2.02. The van der Waals surface area contributed by atoms with Crippen LogP contribution in [0.4, 0.5) is 5.82 Å². The van der Waals surface area contributed by atoms with E-state index in [1.54, 1.807) is 6.92 Å². The minimum atomic E-state index is -0.574. The van der Waals surface area contributed by atoms with Crippen molar-refractivity contribution in [3.63, 3.8) is 0 Å². The van der Waals surface area contributed by atoms with Gasteiger partial charge >= 0.3 is 5.91 Å². The Morgan fingerprint density at radius 1 is 1.75 bits per heavy atom. The summed E-state index contributed by atoms with van der Waals surface area (Å²) in [7, 11) is 0. The first kappa shape index (κ1) is 8.47. The Hall–Kier alpha value is -1.63. The first-order valence-corrected chi connectivity index (χ1v) is 3.26. The van der Waals surface area contributed by atoms with Gasteiger partial charge < -0.3 is 5.73 Å². The molecule has 1 heterocycles. The van der Waals surface area contributed by atoms with Crippen molar-refractivity contribution in [3.8, 4) is 0 Å². The number of nitrogens with two attached hydrogens (primary N) is 1. The fraction of sp³-hybridized carbons (Fsp3) is 0.400. The van der Waals surface area contributed by atoms with Crippen LogP contribution in [0.2, 0.25) is 0 Å². The van der Waals surface area contributed by atoms with E-state index in [0.717, 1.165) is 0 Å². The molecule has 1 aromatic rings. The third kappa shape index (κ3) is 1.70. The zero-order valence-corrected chi connectivity index (χ0v) is 6.40. The molecule has 1 amide bonds. The van der Waals surface area contributed by atoms with Crippen molar-refractivity contribution in [1.29, 1.82) is 0 Å². The molecular weight excluding hydrogens is 164 g/mol. The molecular formula is C5H8N4O3. The summed E-state index contributed by atoms with van der Waals surface area (Å²) in [6.45, 7) is 2.08. The average molecular weight is 172 g/mol. The maximum absolute atomic E-state index is 11.0. The van der Waals surface area contributed by atoms with E-state index in [1.165, 1.54) is 0 Å². The maximum Gasteiger partial charge on any atom is 0.300 e. The van der Waals surface area contributed by atoms with E-state index in [0.29, 0.717) is 6.61 Å². The highest BCUT2D eigenvalue weighted by atomic mass is 16.7. The molecule has 0 aliphatic carbocycles. The molecule has 7 heteroatoms. The minimum absolute atomic E-state index is 0.0628. The fourth-order valence-corrected chi connectivity index (χ4v) is 0.539. The summed E-state index contributed by atoms with van der Waals surface area (Å²) in [4.78, 5) is 15.6. The minimum Gasteiger partial charge on any atom is -0.379 e. The standard InChI is InChI=1S/C5H8N4O3/c1-2-11-9-5(10)3-4(6)8-12-7-3/h2H2,1H3,(H2,6,8)(H,9,10). The number of nitrogens with one attached hydrogen (secondary N) is 1. The van der Waals surface area contributed by atoms with E-state index in [9.17, 15) is 4.79 Å². The van der Waals surface area contributed by atoms with Crippen molar-refractivity contribution in [2.75, 3.05) is 12.3 Å². The molecule has 0 aliphatic rings. The van der Waals surface area contributed by atoms with Crippen LogP contribution >= 0.6 is 0 Å². The molecule has 0 aliphatic heterocycles. The number of hydroxylamine groups is 1. The Bertz CT molecular complexity index is 271. The topological polar surface area (TPSA) is 103 Å². The van der Waals surface area contributed by atoms with Gasteiger partial charge in [0.15, 0.2) is 0 Å². The zero-order chi connectivity index (χ0) is 8.97. The quantitative estimate of drug-likeness (QED) is 0.586. The zero-order valence-electron chi connectivity index (χ0n) is 6.40. The smallest absolute Gasteiger partial charge is 0.300 e. The summed E-state index contributed by atoms with van der Waals surface area (Å²) in [5.41, 5.74) is 7.24. The number of nitrogen functional groups attached to an aromatic ring is 1. The predicted molar refractivity (Wildman–Crippen MR) is 37.8 cm³/mol. The third-order valence-corrected chi connectivity index (χ3v) is 1.04. The number of carbonyl (C=O) groups is 1. The van der Waals surface area contributed by atoms with E-state index >= 15 is 0 Å². The van der Waals surface area contributed by atoms with Crippen LogP contribution in [-0.2, 0) is 4.84 Å². The summed E-state index contributed by atoms with van der Waals surface area (Å²) in [5, 5.41) is 6.49. The van der Waals surface area contributed by atoms with Gasteiger partial charge in [0, 0.05) is 0 Å². The van der Waals surface area contributed by atoms with Crippen molar-refractivity contribution in [1.82, 2.24) is 15.8 Å². The lowest BCUT2D eigenvalue weighted by molar-refractivity contribution is 0.0357. The summed E-state index contributed by atoms with van der Waals surface area (Å²) in [6, 6.07) is 0. The second-order valence-electron chi connectivity index (χ2n) is 1.86. The number of nitrogens with zero attached hydrogens (tertiary/aromatic N) is 2. The monoisotopic (exact) mass is 172 g/mol. The number of amides is 1. The molecule has 7 nitrogen and oxygen atoms in total. The highest BCUT2D eigenvalue weighted by molar-refractivity contribution is 5.95. The molecule has 12 heavy (non-hydrogen) atoms. The van der Waals surface area contributed by atoms with E-state index in [2.05, 4.69) is 25.3 Å². The maximum atomic E-state index is 11.0. The molecule has 0 aromatic carbocycles. The summed E-state index contributed by atoms with van der Waals surface area (Å²) in [5.74, 6) is -0.636. The van der Waals surface area contributed by atoms with Crippen LogP contribution in [0.5, 0.6) is 0 Å². The molecule has 0 atom stereocenters. The van der Waals surface area contributed by atoms with E-state index in [1.807, 2.05) is 0 Å². The Morgan fingerprint density at radius 2 is 2.50 bits per heavy atom. The van der Waals surface area contributed by atoms with Crippen LogP contribution in [0.25, 0.3) is 0 Å². The van der Waals surface area contributed by atoms with Gasteiger partial charge in [0.25, 0.3) is 0 Å². The van der Waals surface area contributed by atoms with Crippen LogP contribution in [-0.4, -0.2) is 22.8 Å². The van der Waals surface area contributed by atoms with Crippen molar-refractivity contribution in [3.05, 3.63) is 5.69 Å². The average Bonchev–Trinajstić information content (AvgIpc) is 2.47. The Balaban J connectivity index is 2.59. The van der Waals surface area contributed by atoms with Crippen LogP contribution in [0.1, 0.15) is 17.4 Å². The van der Waals surface area contributed by atoms with Gasteiger partial charge in [-0.15, -0.1) is 0 Å². The van der Waals surface area contributed by atoms with Crippen LogP contribution < -0.4 is 11.2 Å². The van der Waals surface area contributed by atoms with Crippen LogP contribution in [0.15, 0.2) is 4.63 Å². The van der Waals surface area contributed by atoms with Gasteiger partial charge in [0.2, 0.25) is 11.5 Å². The second-order valence-corrected chi connectivity index (χ2v) is 1.86. The lowest BCUT2D eigenvalue weighted by Gasteiger charge is -1.98. The van der Waals surface area contributed by atoms with E-state index < -0.39 is 5.91 Å². The van der Waals surface area contributed by atoms with Crippen LogP contribution in [0.3, 0.4) is 0 Å². The van der Waals surface area contributed by atoms with E-state index in [-0.39, 0.29) is 11.5 Å². The lowest BCUT2D eigenvalue weighted by Crippen LogP contribution is -2.24. The SMILES string of the molecule is CCONC(=O)c1nonc1N. The molecule has 1 rings (SSSR count). The first-order chi connectivity index (χ1) is 5.75. The molecule has 0 bridgehead atoms. The summed E-state index contributed by atoms with van der Waals surface area (Å²) in [6.07, 6.45) is 0. The van der Waals surface area contributed by atoms with Crippen molar-refractivity contribution in [2.45, 2.75) is 6.92 Å². The van der Waals surface area contributed by atoms with Crippen molar-refractivity contribution >= 4 is 11.7 Å². The molecule has 1 aromatic heterocycles. The van der Waals surface area contributed by atoms with Gasteiger partial charge in [-0.3, -0.25) is 9.63 Å². The Labute approximate surface area is 67.8 Å². The number of hydrogen-bond donors (Lipinski definition) is 2. The number of rotatable bonds is 3. The Kier molecular flexibility index (Phi) is 2.59. The van der Waals surface area contributed by atoms with Crippen molar-refractivity contribution in [2.24, 2.45) is 0 Å². The van der Waals surface area contributed by atoms with Gasteiger partial charge in [0.1, 0.15) is 0 Å². The summed E-state index contributed by atoms with van der Waals surface area (Å²) >= 11 is 0. The third-order valence-electron chi connectivity index (χ3n) is 1.04.